The zero-order valence-corrected chi connectivity index (χ0v) is 10.9. The fourth-order valence-electron chi connectivity index (χ4n) is 2.61. The van der Waals surface area contributed by atoms with Crippen LogP contribution in [0.2, 0.25) is 0 Å². The second kappa shape index (κ2) is 6.00. The molecule has 5 nitrogen and oxygen atoms in total. The normalized spacial score (nSPS) is 21.7. The lowest BCUT2D eigenvalue weighted by atomic mass is 10.1. The molecule has 0 radical (unpaired) electrons. The Morgan fingerprint density at radius 2 is 2.33 bits per heavy atom. The molecule has 18 heavy (non-hydrogen) atoms. The summed E-state index contributed by atoms with van der Waals surface area (Å²) in [5, 5.41) is 9.32. The van der Waals surface area contributed by atoms with Gasteiger partial charge in [-0.2, -0.15) is 0 Å². The third-order valence-electron chi connectivity index (χ3n) is 3.65. The molecule has 0 aliphatic carbocycles. The van der Waals surface area contributed by atoms with Crippen molar-refractivity contribution in [1.29, 1.82) is 0 Å². The van der Waals surface area contributed by atoms with E-state index in [0.717, 1.165) is 44.5 Å². The fourth-order valence-corrected chi connectivity index (χ4v) is 2.61. The van der Waals surface area contributed by atoms with Gasteiger partial charge in [-0.25, -0.2) is 4.98 Å². The van der Waals surface area contributed by atoms with Crippen molar-refractivity contribution in [3.05, 3.63) is 18.2 Å². The summed E-state index contributed by atoms with van der Waals surface area (Å²) in [7, 11) is 0. The second-order valence-electron chi connectivity index (χ2n) is 4.84. The molecular weight excluding hydrogens is 230 g/mol. The van der Waals surface area contributed by atoms with Gasteiger partial charge in [-0.05, 0) is 26.3 Å². The molecule has 1 saturated heterocycles. The molecule has 1 aliphatic heterocycles. The van der Waals surface area contributed by atoms with E-state index in [1.54, 1.807) is 0 Å². The minimum Gasteiger partial charge on any atom is -0.480 e. The van der Waals surface area contributed by atoms with Crippen LogP contribution in [0.5, 0.6) is 0 Å². The molecule has 0 spiro atoms. The Kier molecular flexibility index (Phi) is 4.36. The number of aryl methyl sites for hydroxylation is 1. The van der Waals surface area contributed by atoms with Crippen LogP contribution in [0.1, 0.15) is 38.3 Å². The second-order valence-corrected chi connectivity index (χ2v) is 4.84. The third kappa shape index (κ3) is 2.90. The van der Waals surface area contributed by atoms with Gasteiger partial charge in [0, 0.05) is 19.3 Å². The molecule has 0 amide bonds. The minimum absolute atomic E-state index is 0.340. The number of hydrogen-bond acceptors (Lipinski definition) is 3. The smallest absolute Gasteiger partial charge is 0.320 e. The van der Waals surface area contributed by atoms with Crippen molar-refractivity contribution in [2.45, 2.75) is 51.7 Å². The summed E-state index contributed by atoms with van der Waals surface area (Å²) >= 11 is 0. The number of aliphatic carboxylic acids is 1. The lowest BCUT2D eigenvalue weighted by molar-refractivity contribution is -0.143. The van der Waals surface area contributed by atoms with E-state index in [4.69, 9.17) is 0 Å². The highest BCUT2D eigenvalue weighted by Gasteiger charge is 2.27. The summed E-state index contributed by atoms with van der Waals surface area (Å²) in [5.41, 5.74) is 1.10. The predicted molar refractivity (Wildman–Crippen MR) is 68.2 cm³/mol. The maximum atomic E-state index is 11.3. The molecule has 1 unspecified atom stereocenters. The number of nitrogens with zero attached hydrogens (tertiary/aromatic N) is 3. The number of rotatable bonds is 4. The summed E-state index contributed by atoms with van der Waals surface area (Å²) in [4.78, 5) is 17.6. The van der Waals surface area contributed by atoms with Gasteiger partial charge in [0.25, 0.3) is 0 Å². The van der Waals surface area contributed by atoms with Gasteiger partial charge in [0.2, 0.25) is 0 Å². The average molecular weight is 251 g/mol. The minimum atomic E-state index is -0.695. The van der Waals surface area contributed by atoms with Crippen LogP contribution in [0.15, 0.2) is 12.5 Å². The summed E-state index contributed by atoms with van der Waals surface area (Å²) < 4.78 is 2.07. The first-order valence-corrected chi connectivity index (χ1v) is 6.68. The molecule has 0 aromatic carbocycles. The number of carbonyl (C=O) groups is 1. The van der Waals surface area contributed by atoms with Crippen LogP contribution in [-0.4, -0.2) is 38.1 Å². The van der Waals surface area contributed by atoms with Gasteiger partial charge in [-0.15, -0.1) is 0 Å². The highest BCUT2D eigenvalue weighted by molar-refractivity contribution is 5.73. The molecule has 2 heterocycles. The van der Waals surface area contributed by atoms with Crippen molar-refractivity contribution in [1.82, 2.24) is 14.5 Å². The van der Waals surface area contributed by atoms with Crippen LogP contribution in [0.25, 0.3) is 0 Å². The first-order chi connectivity index (χ1) is 8.72. The molecule has 100 valence electrons. The topological polar surface area (TPSA) is 58.4 Å². The van der Waals surface area contributed by atoms with Crippen LogP contribution in [-0.2, 0) is 17.9 Å². The van der Waals surface area contributed by atoms with E-state index in [1.807, 2.05) is 12.5 Å². The molecular formula is C13H21N3O2. The summed E-state index contributed by atoms with van der Waals surface area (Å²) in [6, 6.07) is -0.340. The molecule has 1 aliphatic rings. The molecule has 1 aromatic heterocycles. The van der Waals surface area contributed by atoms with Crippen LogP contribution in [0, 0.1) is 0 Å². The van der Waals surface area contributed by atoms with E-state index in [1.165, 1.54) is 0 Å². The SMILES string of the molecule is CCn1cncc1CN1CCCCCC1C(=O)O. The largest absolute Gasteiger partial charge is 0.480 e. The van der Waals surface area contributed by atoms with E-state index >= 15 is 0 Å². The summed E-state index contributed by atoms with van der Waals surface area (Å²) in [6.45, 7) is 4.50. The molecule has 2 rings (SSSR count). The fraction of sp³-hybridized carbons (Fsp3) is 0.692. The van der Waals surface area contributed by atoms with Gasteiger partial charge in [0.05, 0.1) is 12.0 Å². The van der Waals surface area contributed by atoms with E-state index in [9.17, 15) is 9.90 Å². The Labute approximate surface area is 107 Å². The molecule has 0 saturated carbocycles. The number of aromatic nitrogens is 2. The molecule has 1 fully saturated rings. The first kappa shape index (κ1) is 13.1. The van der Waals surface area contributed by atoms with Gasteiger partial charge >= 0.3 is 5.97 Å². The Bertz CT molecular complexity index is 403. The predicted octanol–water partition coefficient (Wildman–Crippen LogP) is 1.73. The maximum absolute atomic E-state index is 11.3. The van der Waals surface area contributed by atoms with E-state index in [2.05, 4.69) is 21.4 Å². The van der Waals surface area contributed by atoms with Gasteiger partial charge < -0.3 is 9.67 Å². The van der Waals surface area contributed by atoms with Crippen molar-refractivity contribution in [3.63, 3.8) is 0 Å². The van der Waals surface area contributed by atoms with Crippen LogP contribution in [0.4, 0.5) is 0 Å². The highest BCUT2D eigenvalue weighted by Crippen LogP contribution is 2.19. The van der Waals surface area contributed by atoms with Crippen molar-refractivity contribution >= 4 is 5.97 Å². The number of imidazole rings is 1. The zero-order valence-electron chi connectivity index (χ0n) is 10.9. The van der Waals surface area contributed by atoms with Crippen LogP contribution < -0.4 is 0 Å². The summed E-state index contributed by atoms with van der Waals surface area (Å²) in [5.74, 6) is -0.695. The third-order valence-corrected chi connectivity index (χ3v) is 3.65. The van der Waals surface area contributed by atoms with E-state index in [-0.39, 0.29) is 6.04 Å². The number of likely N-dealkylation sites (tertiary alicyclic amines) is 1. The standard InChI is InChI=1S/C13H21N3O2/c1-2-15-10-14-8-11(15)9-16-7-5-3-4-6-12(16)13(17)18/h8,10,12H,2-7,9H2,1H3,(H,17,18). The maximum Gasteiger partial charge on any atom is 0.320 e. The van der Waals surface area contributed by atoms with E-state index < -0.39 is 5.97 Å². The number of carboxylic acids is 1. The lowest BCUT2D eigenvalue weighted by Crippen LogP contribution is -2.40. The van der Waals surface area contributed by atoms with Gasteiger partial charge in [0.15, 0.2) is 0 Å². The molecule has 5 heteroatoms. The Balaban J connectivity index is 2.11. The zero-order chi connectivity index (χ0) is 13.0. The Hall–Kier alpha value is -1.36. The van der Waals surface area contributed by atoms with E-state index in [0.29, 0.717) is 6.54 Å². The Morgan fingerprint density at radius 3 is 3.06 bits per heavy atom. The number of carboxylic acid groups (broad SMARTS) is 1. The summed E-state index contributed by atoms with van der Waals surface area (Å²) in [6.07, 6.45) is 7.64. The molecule has 1 atom stereocenters. The number of hydrogen-bond donors (Lipinski definition) is 1. The monoisotopic (exact) mass is 251 g/mol. The van der Waals surface area contributed by atoms with Crippen molar-refractivity contribution < 1.29 is 9.90 Å². The quantitative estimate of drug-likeness (QED) is 0.885. The van der Waals surface area contributed by atoms with Crippen LogP contribution >= 0.6 is 0 Å². The van der Waals surface area contributed by atoms with Crippen LogP contribution in [0.3, 0.4) is 0 Å². The van der Waals surface area contributed by atoms with Crippen molar-refractivity contribution in [2.75, 3.05) is 6.54 Å². The highest BCUT2D eigenvalue weighted by atomic mass is 16.4. The van der Waals surface area contributed by atoms with Gasteiger partial charge in [0.1, 0.15) is 6.04 Å². The van der Waals surface area contributed by atoms with Gasteiger partial charge in [-0.3, -0.25) is 9.69 Å². The molecule has 1 aromatic rings. The van der Waals surface area contributed by atoms with Crippen molar-refractivity contribution in [2.24, 2.45) is 0 Å². The first-order valence-electron chi connectivity index (χ1n) is 6.68. The lowest BCUT2D eigenvalue weighted by Gasteiger charge is -2.26. The molecule has 1 N–H and O–H groups in total. The van der Waals surface area contributed by atoms with Gasteiger partial charge in [-0.1, -0.05) is 12.8 Å². The Morgan fingerprint density at radius 1 is 1.50 bits per heavy atom. The molecule has 0 bridgehead atoms. The van der Waals surface area contributed by atoms with Crippen molar-refractivity contribution in [3.8, 4) is 0 Å². The average Bonchev–Trinajstić information content (AvgIpc) is 2.65.